The largest absolute Gasteiger partial charge is 0.510 e. The number of carbonyl (C=O) groups excluding carboxylic acids is 2. The van der Waals surface area contributed by atoms with Gasteiger partial charge in [-0.25, -0.2) is 4.39 Å². The number of nitrogens with zero attached hydrogens (tertiary/aromatic N) is 1. The third-order valence-electron chi connectivity index (χ3n) is 7.62. The topological polar surface area (TPSA) is 156 Å². The SMILES string of the molecule is C=C1C(C(N)=O)=C(O)[C@@H](N(C)C)C2C[C@@H]3Cc4c(F)c(CNC(C)C)cc(O)c4C(=O)C3=C(O)[C@]12O. The summed E-state index contributed by atoms with van der Waals surface area (Å²) in [7, 11) is 3.24. The van der Waals surface area contributed by atoms with Gasteiger partial charge in [0.15, 0.2) is 11.4 Å². The molecule has 3 aliphatic carbocycles. The van der Waals surface area contributed by atoms with Gasteiger partial charge in [-0.05, 0) is 38.9 Å². The number of Topliss-reactive ketones (excluding diaryl/α,β-unsaturated/α-hetero) is 1. The molecule has 1 amide bonds. The highest BCUT2D eigenvalue weighted by atomic mass is 19.1. The lowest BCUT2D eigenvalue weighted by molar-refractivity contribution is -0.115. The Bertz CT molecular complexity index is 1250. The molecule has 0 aromatic heterocycles. The molecule has 0 bridgehead atoms. The minimum absolute atomic E-state index is 0.0122. The van der Waals surface area contributed by atoms with Crippen molar-refractivity contribution < 1.29 is 34.4 Å². The first-order chi connectivity index (χ1) is 16.7. The summed E-state index contributed by atoms with van der Waals surface area (Å²) in [6, 6.07) is 0.316. The average molecular weight is 502 g/mol. The van der Waals surface area contributed by atoms with Gasteiger partial charge >= 0.3 is 0 Å². The van der Waals surface area contributed by atoms with E-state index in [1.54, 1.807) is 19.0 Å². The minimum Gasteiger partial charge on any atom is -0.510 e. The van der Waals surface area contributed by atoms with Crippen LogP contribution in [0.1, 0.15) is 41.8 Å². The molecule has 194 valence electrons. The Morgan fingerprint density at radius 3 is 2.53 bits per heavy atom. The molecular formula is C26H32FN3O6. The number of primary amides is 1. The summed E-state index contributed by atoms with van der Waals surface area (Å²) in [4.78, 5) is 27.3. The van der Waals surface area contributed by atoms with Crippen molar-refractivity contribution in [1.82, 2.24) is 10.2 Å². The van der Waals surface area contributed by atoms with Crippen molar-refractivity contribution in [1.29, 1.82) is 0 Å². The molecule has 0 aliphatic heterocycles. The third kappa shape index (κ3) is 3.55. The summed E-state index contributed by atoms with van der Waals surface area (Å²) in [5.74, 6) is -5.64. The van der Waals surface area contributed by atoms with Gasteiger partial charge in [0, 0.05) is 40.8 Å². The van der Waals surface area contributed by atoms with Gasteiger partial charge in [-0.2, -0.15) is 0 Å². The molecule has 1 aromatic carbocycles. The number of nitrogens with two attached hydrogens (primary N) is 1. The highest BCUT2D eigenvalue weighted by molar-refractivity contribution is 6.13. The number of phenolic OH excluding ortho intramolecular Hbond substituents is 1. The first-order valence-corrected chi connectivity index (χ1v) is 11.8. The zero-order valence-electron chi connectivity index (χ0n) is 20.7. The monoisotopic (exact) mass is 501 g/mol. The molecule has 0 fully saturated rings. The van der Waals surface area contributed by atoms with E-state index in [0.717, 1.165) is 0 Å². The van der Waals surface area contributed by atoms with Gasteiger partial charge in [0.25, 0.3) is 5.91 Å². The molecule has 0 radical (unpaired) electrons. The highest BCUT2D eigenvalue weighted by Gasteiger charge is 2.60. The number of aromatic hydroxyl groups is 1. The fourth-order valence-corrected chi connectivity index (χ4v) is 5.96. The Morgan fingerprint density at radius 2 is 1.97 bits per heavy atom. The average Bonchev–Trinajstić information content (AvgIpc) is 2.77. The summed E-state index contributed by atoms with van der Waals surface area (Å²) < 4.78 is 15.5. The van der Waals surface area contributed by atoms with Gasteiger partial charge in [0.1, 0.15) is 23.1 Å². The second kappa shape index (κ2) is 8.72. The predicted molar refractivity (Wildman–Crippen MR) is 130 cm³/mol. The van der Waals surface area contributed by atoms with Crippen LogP contribution < -0.4 is 11.1 Å². The lowest BCUT2D eigenvalue weighted by atomic mass is 9.57. The van der Waals surface area contributed by atoms with E-state index >= 15 is 4.39 Å². The number of ketones is 1. The van der Waals surface area contributed by atoms with E-state index < -0.39 is 63.8 Å². The Morgan fingerprint density at radius 1 is 1.33 bits per heavy atom. The molecule has 3 aliphatic rings. The molecular weight excluding hydrogens is 469 g/mol. The number of amides is 1. The van der Waals surface area contributed by atoms with E-state index in [1.165, 1.54) is 6.07 Å². The summed E-state index contributed by atoms with van der Waals surface area (Å²) in [6.45, 7) is 7.69. The molecule has 0 saturated carbocycles. The van der Waals surface area contributed by atoms with Crippen molar-refractivity contribution in [2.75, 3.05) is 14.1 Å². The molecule has 0 spiro atoms. The van der Waals surface area contributed by atoms with Crippen LogP contribution in [0.25, 0.3) is 0 Å². The van der Waals surface area contributed by atoms with Crippen molar-refractivity contribution in [2.24, 2.45) is 17.6 Å². The maximum atomic E-state index is 15.5. The number of allylic oxidation sites excluding steroid dienone is 1. The summed E-state index contributed by atoms with van der Waals surface area (Å²) >= 11 is 0. The number of benzene rings is 1. The summed E-state index contributed by atoms with van der Waals surface area (Å²) in [6.07, 6.45) is 0.0510. The Balaban J connectivity index is 1.90. The zero-order valence-corrected chi connectivity index (χ0v) is 20.7. The van der Waals surface area contributed by atoms with Crippen LogP contribution in [0.5, 0.6) is 5.75 Å². The number of hydrogen-bond donors (Lipinski definition) is 6. The number of phenols is 1. The van der Waals surface area contributed by atoms with Crippen molar-refractivity contribution in [2.45, 2.75) is 50.9 Å². The van der Waals surface area contributed by atoms with Crippen LogP contribution in [-0.4, -0.2) is 68.8 Å². The summed E-state index contributed by atoms with van der Waals surface area (Å²) in [5.41, 5.74) is 2.26. The first kappa shape index (κ1) is 25.9. The molecule has 36 heavy (non-hydrogen) atoms. The van der Waals surface area contributed by atoms with Crippen molar-refractivity contribution in [3.8, 4) is 5.75 Å². The molecule has 0 saturated heterocycles. The fourth-order valence-electron chi connectivity index (χ4n) is 5.96. The minimum atomic E-state index is -2.28. The molecule has 7 N–H and O–H groups in total. The van der Waals surface area contributed by atoms with Crippen LogP contribution in [0.4, 0.5) is 4.39 Å². The maximum absolute atomic E-state index is 15.5. The number of aliphatic hydroxyl groups is 3. The highest BCUT2D eigenvalue weighted by Crippen LogP contribution is 2.55. The number of aliphatic hydroxyl groups excluding tert-OH is 2. The maximum Gasteiger partial charge on any atom is 0.252 e. The van der Waals surface area contributed by atoms with E-state index in [4.69, 9.17) is 5.73 Å². The molecule has 10 heteroatoms. The quantitative estimate of drug-likeness (QED) is 0.356. The van der Waals surface area contributed by atoms with Gasteiger partial charge < -0.3 is 31.5 Å². The van der Waals surface area contributed by atoms with Gasteiger partial charge in [0.05, 0.1) is 17.2 Å². The van der Waals surface area contributed by atoms with Crippen molar-refractivity contribution in [3.63, 3.8) is 0 Å². The zero-order chi connectivity index (χ0) is 26.9. The number of carbonyl (C=O) groups is 2. The Kier molecular flexibility index (Phi) is 6.27. The number of likely N-dealkylation sites (N-methyl/N-ethyl adjacent to an activating group) is 1. The number of fused-ring (bicyclic) bond motifs is 3. The van der Waals surface area contributed by atoms with Gasteiger partial charge in [-0.15, -0.1) is 0 Å². The molecule has 1 unspecified atom stereocenters. The molecule has 4 rings (SSSR count). The molecule has 1 aromatic rings. The Hall–Kier alpha value is -3.21. The summed E-state index contributed by atoms with van der Waals surface area (Å²) in [5, 5.41) is 47.8. The van der Waals surface area contributed by atoms with E-state index in [0.29, 0.717) is 0 Å². The van der Waals surface area contributed by atoms with E-state index in [2.05, 4.69) is 11.9 Å². The molecule has 4 atom stereocenters. The van der Waals surface area contributed by atoms with Crippen LogP contribution in [0, 0.1) is 17.7 Å². The number of halogens is 1. The van der Waals surface area contributed by atoms with Crippen molar-refractivity contribution in [3.05, 3.63) is 63.4 Å². The number of rotatable bonds is 5. The van der Waals surface area contributed by atoms with Gasteiger partial charge in [-0.1, -0.05) is 20.4 Å². The standard InChI is InChI=1S/C26H32FN3O6/c1-10(2)29-9-13-8-16(31)19-14(20(13)27)6-12-7-15-21(30(4)5)23(33)17(25(28)35)11(3)26(15,36)24(34)18(12)22(19)32/h8,10,12,15,21,29,31,33-34,36H,3,6-7,9H2,1-2,4-5H3,(H2,28,35)/t12-,15?,21-,26-/m0/s1. The smallest absolute Gasteiger partial charge is 0.252 e. The molecule has 0 heterocycles. The van der Waals surface area contributed by atoms with Crippen LogP contribution in [0.15, 0.2) is 40.9 Å². The second-order valence-electron chi connectivity index (χ2n) is 10.4. The first-order valence-electron chi connectivity index (χ1n) is 11.8. The van der Waals surface area contributed by atoms with E-state index in [-0.39, 0.29) is 53.3 Å². The van der Waals surface area contributed by atoms with Gasteiger partial charge in [0.2, 0.25) is 0 Å². The van der Waals surface area contributed by atoms with E-state index in [9.17, 15) is 30.0 Å². The van der Waals surface area contributed by atoms with Crippen LogP contribution in [-0.2, 0) is 17.8 Å². The number of nitrogens with one attached hydrogen (secondary N) is 1. The van der Waals surface area contributed by atoms with E-state index in [1.807, 2.05) is 13.8 Å². The fraction of sp³-hybridized carbons (Fsp3) is 0.462. The van der Waals surface area contributed by atoms with Crippen LogP contribution in [0.3, 0.4) is 0 Å². The Labute approximate surface area is 208 Å². The van der Waals surface area contributed by atoms with Gasteiger partial charge in [-0.3, -0.25) is 14.5 Å². The third-order valence-corrected chi connectivity index (χ3v) is 7.62. The number of hydrogen-bond acceptors (Lipinski definition) is 8. The molecule has 9 nitrogen and oxygen atoms in total. The predicted octanol–water partition coefficient (Wildman–Crippen LogP) is 1.74. The van der Waals surface area contributed by atoms with Crippen molar-refractivity contribution >= 4 is 11.7 Å². The lowest BCUT2D eigenvalue weighted by Gasteiger charge is -2.52. The normalized spacial score (nSPS) is 27.9. The second-order valence-corrected chi connectivity index (χ2v) is 10.4. The van der Waals surface area contributed by atoms with Crippen LogP contribution >= 0.6 is 0 Å². The lowest BCUT2D eigenvalue weighted by Crippen LogP contribution is -2.60. The van der Waals surface area contributed by atoms with Crippen LogP contribution in [0.2, 0.25) is 0 Å².